The first-order valence-electron chi connectivity index (χ1n) is 8.01. The zero-order valence-corrected chi connectivity index (χ0v) is 14.7. The summed E-state index contributed by atoms with van der Waals surface area (Å²) in [5.74, 6) is 4.59. The molecule has 0 aromatic rings. The van der Waals surface area contributed by atoms with Crippen LogP contribution in [-0.4, -0.2) is 36.1 Å². The van der Waals surface area contributed by atoms with Crippen molar-refractivity contribution in [3.05, 3.63) is 23.3 Å². The standard InChI is InChI=1S/C17H23F3N4O/c1-9-5-13(15(25)24-21)23-14-11(9)6-10(22-8-17(18,19)20)7-12(14)16(2,3)4/h5,7,11,14H,6,8,21H2,1-4H3,(H,24,25). The molecule has 0 bridgehead atoms. The van der Waals surface area contributed by atoms with Crippen LogP contribution in [0.3, 0.4) is 0 Å². The van der Waals surface area contributed by atoms with Crippen molar-refractivity contribution in [2.75, 3.05) is 6.54 Å². The van der Waals surface area contributed by atoms with E-state index in [0.717, 1.165) is 11.1 Å². The minimum atomic E-state index is -4.33. The molecular formula is C17H23F3N4O. The van der Waals surface area contributed by atoms with Gasteiger partial charge in [-0.1, -0.05) is 26.3 Å². The van der Waals surface area contributed by atoms with E-state index in [2.05, 4.69) is 15.4 Å². The third-order valence-corrected chi connectivity index (χ3v) is 4.37. The molecular weight excluding hydrogens is 333 g/mol. The van der Waals surface area contributed by atoms with Crippen molar-refractivity contribution in [3.63, 3.8) is 0 Å². The van der Waals surface area contributed by atoms with E-state index in [9.17, 15) is 18.0 Å². The number of fused-ring (bicyclic) bond motifs is 1. The average molecular weight is 356 g/mol. The van der Waals surface area contributed by atoms with Crippen LogP contribution in [0.2, 0.25) is 0 Å². The van der Waals surface area contributed by atoms with Crippen molar-refractivity contribution in [3.8, 4) is 0 Å². The molecule has 0 aromatic heterocycles. The van der Waals surface area contributed by atoms with Crippen molar-refractivity contribution >= 4 is 17.3 Å². The SMILES string of the molecule is CC1=CC(C(=O)NN)=NC2C(C(C)(C)C)=CC(=NCC(F)(F)F)CC12. The lowest BCUT2D eigenvalue weighted by atomic mass is 9.69. The maximum atomic E-state index is 12.5. The number of nitrogens with two attached hydrogens (primary N) is 1. The van der Waals surface area contributed by atoms with Gasteiger partial charge in [0, 0.05) is 11.6 Å². The zero-order valence-electron chi connectivity index (χ0n) is 14.7. The lowest BCUT2D eigenvalue weighted by molar-refractivity contribution is -0.118. The molecule has 25 heavy (non-hydrogen) atoms. The van der Waals surface area contributed by atoms with Crippen LogP contribution in [0.5, 0.6) is 0 Å². The molecule has 2 aliphatic rings. The number of hydrazine groups is 1. The zero-order chi connectivity index (χ0) is 19.0. The molecule has 0 fully saturated rings. The van der Waals surface area contributed by atoms with Crippen LogP contribution in [-0.2, 0) is 4.79 Å². The molecule has 0 radical (unpaired) electrons. The normalized spacial score (nSPS) is 25.8. The van der Waals surface area contributed by atoms with Gasteiger partial charge in [-0.15, -0.1) is 0 Å². The number of nitrogens with one attached hydrogen (secondary N) is 1. The van der Waals surface area contributed by atoms with Crippen molar-refractivity contribution < 1.29 is 18.0 Å². The quantitative estimate of drug-likeness (QED) is 0.453. The lowest BCUT2D eigenvalue weighted by Crippen LogP contribution is -2.42. The van der Waals surface area contributed by atoms with Gasteiger partial charge in [0.05, 0.1) is 6.04 Å². The molecule has 1 amide bonds. The van der Waals surface area contributed by atoms with Crippen LogP contribution in [0, 0.1) is 11.3 Å². The first kappa shape index (κ1) is 19.4. The molecule has 1 aliphatic heterocycles. The topological polar surface area (TPSA) is 79.8 Å². The van der Waals surface area contributed by atoms with Crippen molar-refractivity contribution in [2.24, 2.45) is 27.2 Å². The summed E-state index contributed by atoms with van der Waals surface area (Å²) in [7, 11) is 0. The second kappa shape index (κ2) is 6.74. The Kier molecular flexibility index (Phi) is 5.22. The number of alkyl halides is 3. The molecule has 0 saturated heterocycles. The fraction of sp³-hybridized carbons (Fsp3) is 0.588. The number of aliphatic imine (C=N–C) groups is 2. The van der Waals surface area contributed by atoms with E-state index in [1.54, 1.807) is 12.2 Å². The number of amides is 1. The molecule has 2 rings (SSSR count). The number of carbonyl (C=O) groups is 1. The third-order valence-electron chi connectivity index (χ3n) is 4.37. The molecule has 2 unspecified atom stereocenters. The second-order valence-corrected chi connectivity index (χ2v) is 7.40. The predicted molar refractivity (Wildman–Crippen MR) is 91.3 cm³/mol. The highest BCUT2D eigenvalue weighted by Crippen LogP contribution is 2.41. The summed E-state index contributed by atoms with van der Waals surface area (Å²) in [5.41, 5.74) is 4.13. The summed E-state index contributed by atoms with van der Waals surface area (Å²) >= 11 is 0. The summed E-state index contributed by atoms with van der Waals surface area (Å²) in [6.07, 6.45) is -0.630. The minimum absolute atomic E-state index is 0.111. The Balaban J connectivity index is 2.47. The Morgan fingerprint density at radius 3 is 2.52 bits per heavy atom. The maximum absolute atomic E-state index is 12.5. The smallest absolute Gasteiger partial charge is 0.289 e. The molecule has 1 heterocycles. The Labute approximate surface area is 144 Å². The molecule has 0 aromatic carbocycles. The Morgan fingerprint density at radius 2 is 2.00 bits per heavy atom. The number of hydrogen-bond acceptors (Lipinski definition) is 4. The van der Waals surface area contributed by atoms with E-state index in [0.29, 0.717) is 12.1 Å². The highest BCUT2D eigenvalue weighted by Gasteiger charge is 2.39. The molecule has 0 saturated carbocycles. The first-order valence-corrected chi connectivity index (χ1v) is 8.01. The number of dihydropyridines is 1. The average Bonchev–Trinajstić information content (AvgIpc) is 2.50. The highest BCUT2D eigenvalue weighted by atomic mass is 19.4. The second-order valence-electron chi connectivity index (χ2n) is 7.40. The molecule has 8 heteroatoms. The van der Waals surface area contributed by atoms with Crippen molar-refractivity contribution in [1.29, 1.82) is 0 Å². The molecule has 138 valence electrons. The Bertz CT molecular complexity index is 681. The maximum Gasteiger partial charge on any atom is 0.407 e. The van der Waals surface area contributed by atoms with Gasteiger partial charge in [-0.25, -0.2) is 5.84 Å². The summed E-state index contributed by atoms with van der Waals surface area (Å²) in [6.45, 7) is 6.56. The van der Waals surface area contributed by atoms with Gasteiger partial charge in [0.15, 0.2) is 0 Å². The van der Waals surface area contributed by atoms with Crippen molar-refractivity contribution in [1.82, 2.24) is 5.43 Å². The van der Waals surface area contributed by atoms with E-state index in [4.69, 9.17) is 5.84 Å². The molecule has 2 atom stereocenters. The number of halogens is 3. The Morgan fingerprint density at radius 1 is 1.36 bits per heavy atom. The lowest BCUT2D eigenvalue weighted by Gasteiger charge is -2.39. The number of hydrogen-bond donors (Lipinski definition) is 2. The summed E-state index contributed by atoms with van der Waals surface area (Å²) in [5, 5.41) is 0. The predicted octanol–water partition coefficient (Wildman–Crippen LogP) is 2.74. The summed E-state index contributed by atoms with van der Waals surface area (Å²) < 4.78 is 37.5. The van der Waals surface area contributed by atoms with E-state index in [1.165, 1.54) is 0 Å². The van der Waals surface area contributed by atoms with E-state index in [-0.39, 0.29) is 23.1 Å². The highest BCUT2D eigenvalue weighted by molar-refractivity contribution is 6.43. The van der Waals surface area contributed by atoms with Crippen LogP contribution >= 0.6 is 0 Å². The van der Waals surface area contributed by atoms with Gasteiger partial charge < -0.3 is 0 Å². The third kappa shape index (κ3) is 4.56. The number of allylic oxidation sites excluding steroid dienone is 1. The number of carbonyl (C=O) groups excluding carboxylic acids is 1. The molecule has 0 spiro atoms. The van der Waals surface area contributed by atoms with Gasteiger partial charge in [0.2, 0.25) is 0 Å². The summed E-state index contributed by atoms with van der Waals surface area (Å²) in [4.78, 5) is 20.1. The monoisotopic (exact) mass is 356 g/mol. The van der Waals surface area contributed by atoms with Gasteiger partial charge in [0.25, 0.3) is 5.91 Å². The van der Waals surface area contributed by atoms with Gasteiger partial charge in [0.1, 0.15) is 12.3 Å². The number of rotatable bonds is 2. The van der Waals surface area contributed by atoms with Crippen LogP contribution < -0.4 is 11.3 Å². The van der Waals surface area contributed by atoms with E-state index < -0.39 is 18.6 Å². The largest absolute Gasteiger partial charge is 0.407 e. The van der Waals surface area contributed by atoms with E-state index in [1.807, 2.05) is 27.7 Å². The van der Waals surface area contributed by atoms with Crippen LogP contribution in [0.25, 0.3) is 0 Å². The number of nitrogens with zero attached hydrogens (tertiary/aromatic N) is 2. The fourth-order valence-electron chi connectivity index (χ4n) is 3.12. The minimum Gasteiger partial charge on any atom is -0.289 e. The van der Waals surface area contributed by atoms with Crippen LogP contribution in [0.1, 0.15) is 34.1 Å². The molecule has 1 aliphatic carbocycles. The molecule has 5 nitrogen and oxygen atoms in total. The van der Waals surface area contributed by atoms with Gasteiger partial charge >= 0.3 is 6.18 Å². The fourth-order valence-corrected chi connectivity index (χ4v) is 3.12. The van der Waals surface area contributed by atoms with Gasteiger partial charge in [-0.3, -0.25) is 20.2 Å². The summed E-state index contributed by atoms with van der Waals surface area (Å²) in [6, 6.07) is -0.304. The van der Waals surface area contributed by atoms with Gasteiger partial charge in [-0.05, 0) is 36.5 Å². The Hall–Kier alpha value is -1.96. The van der Waals surface area contributed by atoms with Crippen LogP contribution in [0.4, 0.5) is 13.2 Å². The van der Waals surface area contributed by atoms with Crippen LogP contribution in [0.15, 0.2) is 33.3 Å². The van der Waals surface area contributed by atoms with Gasteiger partial charge in [-0.2, -0.15) is 13.2 Å². The first-order chi connectivity index (χ1) is 11.4. The van der Waals surface area contributed by atoms with E-state index >= 15 is 0 Å². The van der Waals surface area contributed by atoms with Crippen molar-refractivity contribution in [2.45, 2.75) is 46.3 Å². The molecule has 3 N–H and O–H groups in total.